The zero-order chi connectivity index (χ0) is 13.8. The summed E-state index contributed by atoms with van der Waals surface area (Å²) >= 11 is 1.55. The Kier molecular flexibility index (Phi) is 3.64. The highest BCUT2D eigenvalue weighted by Gasteiger charge is 2.12. The number of thiophene rings is 1. The van der Waals surface area contributed by atoms with E-state index < -0.39 is 0 Å². The molecule has 0 spiro atoms. The van der Waals surface area contributed by atoms with E-state index in [1.165, 1.54) is 0 Å². The molecule has 2 aromatic rings. The van der Waals surface area contributed by atoms with Crippen molar-refractivity contribution in [3.05, 3.63) is 46.2 Å². The summed E-state index contributed by atoms with van der Waals surface area (Å²) < 4.78 is 10.5. The average molecular weight is 288 g/mol. The van der Waals surface area contributed by atoms with Crippen LogP contribution in [-0.4, -0.2) is 18.9 Å². The highest BCUT2D eigenvalue weighted by atomic mass is 32.1. The Balaban J connectivity index is 1.56. The van der Waals surface area contributed by atoms with E-state index in [1.807, 2.05) is 35.7 Å². The number of hydrazone groups is 1. The molecular weight excluding hydrogens is 276 g/mol. The van der Waals surface area contributed by atoms with Crippen LogP contribution in [0.4, 0.5) is 0 Å². The first-order chi connectivity index (χ1) is 9.81. The number of nitrogens with zero attached hydrogens (tertiary/aromatic N) is 1. The van der Waals surface area contributed by atoms with E-state index in [2.05, 4.69) is 10.5 Å². The second kappa shape index (κ2) is 5.75. The van der Waals surface area contributed by atoms with Crippen molar-refractivity contribution in [2.24, 2.45) is 5.10 Å². The second-order valence-electron chi connectivity index (χ2n) is 4.16. The number of amides is 1. The Hall–Kier alpha value is -2.34. The van der Waals surface area contributed by atoms with Gasteiger partial charge in [-0.1, -0.05) is 6.07 Å². The molecule has 2 heterocycles. The van der Waals surface area contributed by atoms with Crippen molar-refractivity contribution in [1.29, 1.82) is 0 Å². The van der Waals surface area contributed by atoms with Crippen molar-refractivity contribution in [2.75, 3.05) is 6.79 Å². The number of fused-ring (bicyclic) bond motifs is 1. The summed E-state index contributed by atoms with van der Waals surface area (Å²) in [7, 11) is 0. The molecule has 3 rings (SSSR count). The fourth-order valence-corrected chi connectivity index (χ4v) is 2.49. The summed E-state index contributed by atoms with van der Waals surface area (Å²) in [6, 6.07) is 9.33. The Labute approximate surface area is 119 Å². The molecular formula is C14H12N2O3S. The van der Waals surface area contributed by atoms with Crippen molar-refractivity contribution in [1.82, 2.24) is 5.43 Å². The summed E-state index contributed by atoms with van der Waals surface area (Å²) in [5, 5.41) is 5.87. The lowest BCUT2D eigenvalue weighted by Crippen LogP contribution is -2.19. The minimum absolute atomic E-state index is 0.135. The van der Waals surface area contributed by atoms with Gasteiger partial charge in [-0.25, -0.2) is 5.43 Å². The van der Waals surface area contributed by atoms with Gasteiger partial charge in [0.25, 0.3) is 0 Å². The third kappa shape index (κ3) is 2.97. The molecule has 0 saturated heterocycles. The Morgan fingerprint density at radius 3 is 3.10 bits per heavy atom. The highest BCUT2D eigenvalue weighted by Crippen LogP contribution is 2.31. The molecule has 6 heteroatoms. The van der Waals surface area contributed by atoms with Gasteiger partial charge < -0.3 is 9.47 Å². The molecule has 20 heavy (non-hydrogen) atoms. The standard InChI is InChI=1S/C14H12N2O3S/c17-14(7-11-2-1-5-20-11)16-15-8-10-3-4-12-13(6-10)19-9-18-12/h1-6,8H,7,9H2,(H,16,17)/b15-8+. The summed E-state index contributed by atoms with van der Waals surface area (Å²) in [6.07, 6.45) is 1.92. The lowest BCUT2D eigenvalue weighted by Gasteiger charge is -1.99. The van der Waals surface area contributed by atoms with Gasteiger partial charge in [0.2, 0.25) is 12.7 Å². The van der Waals surface area contributed by atoms with Gasteiger partial charge >= 0.3 is 0 Å². The first-order valence-electron chi connectivity index (χ1n) is 6.05. The molecule has 1 aromatic heterocycles. The largest absolute Gasteiger partial charge is 0.454 e. The zero-order valence-electron chi connectivity index (χ0n) is 10.5. The van der Waals surface area contributed by atoms with Crippen LogP contribution in [0.2, 0.25) is 0 Å². The van der Waals surface area contributed by atoms with Crippen molar-refractivity contribution in [3.63, 3.8) is 0 Å². The molecule has 0 saturated carbocycles. The normalized spacial score (nSPS) is 12.8. The number of carbonyl (C=O) groups excluding carboxylic acids is 1. The molecule has 0 bridgehead atoms. The van der Waals surface area contributed by atoms with Gasteiger partial charge in [-0.15, -0.1) is 11.3 Å². The molecule has 0 atom stereocenters. The number of ether oxygens (including phenoxy) is 2. The number of benzene rings is 1. The Bertz CT molecular complexity index is 638. The molecule has 0 aliphatic carbocycles. The minimum Gasteiger partial charge on any atom is -0.454 e. The summed E-state index contributed by atoms with van der Waals surface area (Å²) in [5.74, 6) is 1.28. The summed E-state index contributed by atoms with van der Waals surface area (Å²) in [6.45, 7) is 0.244. The zero-order valence-corrected chi connectivity index (χ0v) is 11.4. The van der Waals surface area contributed by atoms with Crippen molar-refractivity contribution in [2.45, 2.75) is 6.42 Å². The highest BCUT2D eigenvalue weighted by molar-refractivity contribution is 7.10. The summed E-state index contributed by atoms with van der Waals surface area (Å²) in [4.78, 5) is 12.6. The number of nitrogens with one attached hydrogen (secondary N) is 1. The third-order valence-corrected chi connectivity index (χ3v) is 3.59. The molecule has 5 nitrogen and oxygen atoms in total. The van der Waals surface area contributed by atoms with E-state index in [9.17, 15) is 4.79 Å². The van der Waals surface area contributed by atoms with Crippen molar-refractivity contribution in [3.8, 4) is 11.5 Å². The Morgan fingerprint density at radius 1 is 1.35 bits per heavy atom. The monoisotopic (exact) mass is 288 g/mol. The smallest absolute Gasteiger partial charge is 0.245 e. The quantitative estimate of drug-likeness (QED) is 0.693. The molecule has 1 aliphatic heterocycles. The lowest BCUT2D eigenvalue weighted by molar-refractivity contribution is -0.120. The van der Waals surface area contributed by atoms with Crippen molar-refractivity contribution >= 4 is 23.5 Å². The van der Waals surface area contributed by atoms with E-state index in [1.54, 1.807) is 17.6 Å². The SMILES string of the molecule is O=C(Cc1cccs1)N/N=C/c1ccc2c(c1)OCO2. The van der Waals surface area contributed by atoms with E-state index >= 15 is 0 Å². The van der Waals surface area contributed by atoms with Gasteiger partial charge in [0.1, 0.15) is 0 Å². The first-order valence-corrected chi connectivity index (χ1v) is 6.93. The molecule has 0 radical (unpaired) electrons. The van der Waals surface area contributed by atoms with Crippen LogP contribution in [0.5, 0.6) is 11.5 Å². The third-order valence-electron chi connectivity index (χ3n) is 2.71. The molecule has 1 aromatic carbocycles. The maximum atomic E-state index is 11.6. The van der Waals surface area contributed by atoms with E-state index in [0.717, 1.165) is 16.2 Å². The fourth-order valence-electron chi connectivity index (χ4n) is 1.78. The van der Waals surface area contributed by atoms with Crippen LogP contribution in [0.3, 0.4) is 0 Å². The van der Waals surface area contributed by atoms with E-state index in [0.29, 0.717) is 12.2 Å². The van der Waals surface area contributed by atoms with Gasteiger partial charge in [0.15, 0.2) is 11.5 Å². The molecule has 1 aliphatic rings. The van der Waals surface area contributed by atoms with Gasteiger partial charge in [0, 0.05) is 4.88 Å². The fraction of sp³-hybridized carbons (Fsp3) is 0.143. The van der Waals surface area contributed by atoms with Gasteiger partial charge in [-0.2, -0.15) is 5.10 Å². The van der Waals surface area contributed by atoms with Crippen LogP contribution in [0.15, 0.2) is 40.8 Å². The van der Waals surface area contributed by atoms with Crippen LogP contribution in [0, 0.1) is 0 Å². The number of carbonyl (C=O) groups is 1. The van der Waals surface area contributed by atoms with Crippen LogP contribution < -0.4 is 14.9 Å². The average Bonchev–Trinajstić information content (AvgIpc) is 3.09. The second-order valence-corrected chi connectivity index (χ2v) is 5.19. The van der Waals surface area contributed by atoms with Gasteiger partial charge in [-0.3, -0.25) is 4.79 Å². The van der Waals surface area contributed by atoms with E-state index in [4.69, 9.17) is 9.47 Å². The van der Waals surface area contributed by atoms with Crippen LogP contribution in [0.1, 0.15) is 10.4 Å². The number of hydrogen-bond acceptors (Lipinski definition) is 5. The van der Waals surface area contributed by atoms with E-state index in [-0.39, 0.29) is 12.7 Å². The minimum atomic E-state index is -0.135. The van der Waals surface area contributed by atoms with Gasteiger partial charge in [-0.05, 0) is 35.2 Å². The number of rotatable bonds is 4. The molecule has 102 valence electrons. The molecule has 0 unspecified atom stereocenters. The molecule has 0 fully saturated rings. The molecule has 1 N–H and O–H groups in total. The van der Waals surface area contributed by atoms with Crippen LogP contribution in [0.25, 0.3) is 0 Å². The number of hydrogen-bond donors (Lipinski definition) is 1. The predicted octanol–water partition coefficient (Wildman–Crippen LogP) is 2.17. The van der Waals surface area contributed by atoms with Crippen LogP contribution in [-0.2, 0) is 11.2 Å². The predicted molar refractivity (Wildman–Crippen MR) is 76.3 cm³/mol. The lowest BCUT2D eigenvalue weighted by atomic mass is 10.2. The topological polar surface area (TPSA) is 59.9 Å². The Morgan fingerprint density at radius 2 is 2.25 bits per heavy atom. The van der Waals surface area contributed by atoms with Crippen LogP contribution >= 0.6 is 11.3 Å². The maximum absolute atomic E-state index is 11.6. The van der Waals surface area contributed by atoms with Crippen molar-refractivity contribution < 1.29 is 14.3 Å². The first kappa shape index (κ1) is 12.7. The summed E-state index contributed by atoms with van der Waals surface area (Å²) in [5.41, 5.74) is 3.34. The molecule has 1 amide bonds. The van der Waals surface area contributed by atoms with Gasteiger partial charge in [0.05, 0.1) is 12.6 Å². The maximum Gasteiger partial charge on any atom is 0.245 e.